The molecule has 0 fully saturated rings. The van der Waals surface area contributed by atoms with Gasteiger partial charge in [0.05, 0.1) is 0 Å². The maximum Gasteiger partial charge on any atom is 0.328 e. The minimum absolute atomic E-state index is 0.490. The van der Waals surface area contributed by atoms with Gasteiger partial charge >= 0.3 is 5.97 Å². The maximum atomic E-state index is 10.3. The predicted molar refractivity (Wildman–Crippen MR) is 57.9 cm³/mol. The standard InChI is InChI=1S/C10H8Cl2O2/c1-6-7(2-5-10(13)14)9(12)4-3-8(6)11/h2-5H,1H3,(H,13,14)/b5-2+. The van der Waals surface area contributed by atoms with Crippen molar-refractivity contribution in [2.24, 2.45) is 0 Å². The number of carboxylic acid groups (broad SMARTS) is 1. The monoisotopic (exact) mass is 230 g/mol. The highest BCUT2D eigenvalue weighted by molar-refractivity contribution is 6.34. The van der Waals surface area contributed by atoms with Gasteiger partial charge in [-0.3, -0.25) is 0 Å². The summed E-state index contributed by atoms with van der Waals surface area (Å²) in [5.41, 5.74) is 1.42. The van der Waals surface area contributed by atoms with E-state index in [1.807, 2.05) is 0 Å². The Labute approximate surface area is 91.8 Å². The van der Waals surface area contributed by atoms with Crippen LogP contribution in [-0.2, 0) is 4.79 Å². The molecule has 0 atom stereocenters. The van der Waals surface area contributed by atoms with E-state index in [-0.39, 0.29) is 0 Å². The zero-order valence-electron chi connectivity index (χ0n) is 7.42. The van der Waals surface area contributed by atoms with Crippen LogP contribution < -0.4 is 0 Å². The second kappa shape index (κ2) is 4.49. The topological polar surface area (TPSA) is 37.3 Å². The Morgan fingerprint density at radius 3 is 2.50 bits per heavy atom. The van der Waals surface area contributed by atoms with E-state index in [2.05, 4.69) is 0 Å². The highest BCUT2D eigenvalue weighted by Crippen LogP contribution is 2.27. The Hall–Kier alpha value is -0.990. The zero-order chi connectivity index (χ0) is 10.7. The highest BCUT2D eigenvalue weighted by atomic mass is 35.5. The first-order valence-electron chi connectivity index (χ1n) is 3.88. The molecule has 1 aromatic carbocycles. The number of hydrogen-bond acceptors (Lipinski definition) is 1. The summed E-state index contributed by atoms with van der Waals surface area (Å²) in [6.45, 7) is 1.79. The van der Waals surface area contributed by atoms with Crippen LogP contribution >= 0.6 is 23.2 Å². The third kappa shape index (κ3) is 2.50. The molecule has 74 valence electrons. The number of aliphatic carboxylic acids is 1. The molecule has 0 aliphatic carbocycles. The molecule has 0 bridgehead atoms. The van der Waals surface area contributed by atoms with Gasteiger partial charge in [-0.05, 0) is 36.3 Å². The van der Waals surface area contributed by atoms with E-state index < -0.39 is 5.97 Å². The Kier molecular flexibility index (Phi) is 3.55. The van der Waals surface area contributed by atoms with Crippen LogP contribution in [0.15, 0.2) is 18.2 Å². The SMILES string of the molecule is Cc1c(Cl)ccc(Cl)c1/C=C/C(=O)O. The first kappa shape index (κ1) is 11.1. The third-order valence-corrected chi connectivity index (χ3v) is 2.53. The summed E-state index contributed by atoms with van der Waals surface area (Å²) in [6.07, 6.45) is 2.47. The summed E-state index contributed by atoms with van der Waals surface area (Å²) in [4.78, 5) is 10.3. The van der Waals surface area contributed by atoms with Crippen molar-refractivity contribution in [3.8, 4) is 0 Å². The molecule has 0 aliphatic heterocycles. The lowest BCUT2D eigenvalue weighted by atomic mass is 10.1. The van der Waals surface area contributed by atoms with Crippen molar-refractivity contribution in [3.05, 3.63) is 39.4 Å². The van der Waals surface area contributed by atoms with Gasteiger partial charge < -0.3 is 5.11 Å². The van der Waals surface area contributed by atoms with Gasteiger partial charge in [0.1, 0.15) is 0 Å². The normalized spacial score (nSPS) is 10.8. The van der Waals surface area contributed by atoms with Crippen LogP contribution in [0.25, 0.3) is 6.08 Å². The van der Waals surface area contributed by atoms with Gasteiger partial charge in [0.2, 0.25) is 0 Å². The van der Waals surface area contributed by atoms with E-state index in [0.29, 0.717) is 15.6 Å². The second-order valence-corrected chi connectivity index (χ2v) is 3.55. The van der Waals surface area contributed by atoms with Crippen LogP contribution in [0.5, 0.6) is 0 Å². The molecule has 0 spiro atoms. The van der Waals surface area contributed by atoms with Gasteiger partial charge in [-0.1, -0.05) is 23.2 Å². The molecule has 0 aromatic heterocycles. The van der Waals surface area contributed by atoms with Crippen molar-refractivity contribution in [2.45, 2.75) is 6.92 Å². The zero-order valence-corrected chi connectivity index (χ0v) is 8.93. The van der Waals surface area contributed by atoms with Crippen LogP contribution in [-0.4, -0.2) is 11.1 Å². The molecule has 0 amide bonds. The molecular formula is C10H8Cl2O2. The molecule has 4 heteroatoms. The van der Waals surface area contributed by atoms with Crippen molar-refractivity contribution < 1.29 is 9.90 Å². The second-order valence-electron chi connectivity index (χ2n) is 2.74. The molecule has 0 unspecified atom stereocenters. The maximum absolute atomic E-state index is 10.3. The summed E-state index contributed by atoms with van der Waals surface area (Å²) in [5.74, 6) is -1.01. The fourth-order valence-electron chi connectivity index (χ4n) is 1.03. The van der Waals surface area contributed by atoms with Gasteiger partial charge in [-0.15, -0.1) is 0 Å². The van der Waals surface area contributed by atoms with E-state index in [4.69, 9.17) is 28.3 Å². The predicted octanol–water partition coefficient (Wildman–Crippen LogP) is 3.40. The summed E-state index contributed by atoms with van der Waals surface area (Å²) in [7, 11) is 0. The minimum Gasteiger partial charge on any atom is -0.478 e. The lowest BCUT2D eigenvalue weighted by Crippen LogP contribution is -1.88. The summed E-state index contributed by atoms with van der Waals surface area (Å²) >= 11 is 11.7. The van der Waals surface area contributed by atoms with Crippen molar-refractivity contribution >= 4 is 35.2 Å². The van der Waals surface area contributed by atoms with E-state index in [9.17, 15) is 4.79 Å². The van der Waals surface area contributed by atoms with Gasteiger partial charge in [0.15, 0.2) is 0 Å². The molecule has 14 heavy (non-hydrogen) atoms. The van der Waals surface area contributed by atoms with E-state index >= 15 is 0 Å². The summed E-state index contributed by atoms with van der Waals surface area (Å²) < 4.78 is 0. The van der Waals surface area contributed by atoms with Crippen LogP contribution in [0.1, 0.15) is 11.1 Å². The fourth-order valence-corrected chi connectivity index (χ4v) is 1.46. The van der Waals surface area contributed by atoms with E-state index in [0.717, 1.165) is 11.6 Å². The Morgan fingerprint density at radius 1 is 1.36 bits per heavy atom. The number of carbonyl (C=O) groups is 1. The lowest BCUT2D eigenvalue weighted by Gasteiger charge is -2.04. The first-order chi connectivity index (χ1) is 6.52. The van der Waals surface area contributed by atoms with Crippen molar-refractivity contribution in [1.29, 1.82) is 0 Å². The largest absolute Gasteiger partial charge is 0.478 e. The van der Waals surface area contributed by atoms with Gasteiger partial charge in [-0.2, -0.15) is 0 Å². The van der Waals surface area contributed by atoms with Crippen molar-refractivity contribution in [3.63, 3.8) is 0 Å². The van der Waals surface area contributed by atoms with E-state index in [1.54, 1.807) is 19.1 Å². The van der Waals surface area contributed by atoms with Crippen LogP contribution in [0.2, 0.25) is 10.0 Å². The Bertz CT molecular complexity index is 397. The number of halogens is 2. The van der Waals surface area contributed by atoms with Crippen molar-refractivity contribution in [1.82, 2.24) is 0 Å². The lowest BCUT2D eigenvalue weighted by molar-refractivity contribution is -0.131. The van der Waals surface area contributed by atoms with Crippen molar-refractivity contribution in [2.75, 3.05) is 0 Å². The number of carboxylic acids is 1. The number of benzene rings is 1. The average molecular weight is 231 g/mol. The number of rotatable bonds is 2. The molecule has 0 saturated carbocycles. The van der Waals surface area contributed by atoms with E-state index in [1.165, 1.54) is 6.08 Å². The number of hydrogen-bond donors (Lipinski definition) is 1. The van der Waals surface area contributed by atoms with Crippen LogP contribution in [0.4, 0.5) is 0 Å². The summed E-state index contributed by atoms with van der Waals surface area (Å²) in [5, 5.41) is 9.52. The average Bonchev–Trinajstić information content (AvgIpc) is 2.11. The molecule has 0 heterocycles. The quantitative estimate of drug-likeness (QED) is 0.792. The molecule has 1 rings (SSSR count). The third-order valence-electron chi connectivity index (χ3n) is 1.79. The minimum atomic E-state index is -1.01. The molecule has 0 radical (unpaired) electrons. The van der Waals surface area contributed by atoms with Crippen LogP contribution in [0, 0.1) is 6.92 Å². The van der Waals surface area contributed by atoms with Gasteiger partial charge in [0, 0.05) is 16.1 Å². The van der Waals surface area contributed by atoms with Gasteiger partial charge in [-0.25, -0.2) is 4.79 Å². The fraction of sp³-hybridized carbons (Fsp3) is 0.100. The molecule has 2 nitrogen and oxygen atoms in total. The molecule has 1 N–H and O–H groups in total. The smallest absolute Gasteiger partial charge is 0.328 e. The highest BCUT2D eigenvalue weighted by Gasteiger charge is 2.04. The molecule has 0 aliphatic rings. The first-order valence-corrected chi connectivity index (χ1v) is 4.63. The molecule has 0 saturated heterocycles. The Morgan fingerprint density at radius 2 is 1.93 bits per heavy atom. The van der Waals surface area contributed by atoms with Gasteiger partial charge in [0.25, 0.3) is 0 Å². The van der Waals surface area contributed by atoms with Crippen LogP contribution in [0.3, 0.4) is 0 Å². The molecular weight excluding hydrogens is 223 g/mol. The Balaban J connectivity index is 3.19. The summed E-state index contributed by atoms with van der Waals surface area (Å²) in [6, 6.07) is 3.32. The molecule has 1 aromatic rings.